The van der Waals surface area contributed by atoms with Crippen LogP contribution in [0.25, 0.3) is 0 Å². The summed E-state index contributed by atoms with van der Waals surface area (Å²) in [6.07, 6.45) is 2.52. The second kappa shape index (κ2) is 12.7. The maximum Gasteiger partial charge on any atom is 0.434 e. The van der Waals surface area contributed by atoms with Crippen LogP contribution in [0.2, 0.25) is 0 Å². The molecular weight excluding hydrogens is 511 g/mol. The van der Waals surface area contributed by atoms with E-state index in [1.165, 1.54) is 24.7 Å². The SMILES string of the molecule is CC(=O)SCc1cnc([N+](=O)[O-])n1C.ClCl.Cn1c(CS(=O)(=O)Cl)cnc1[N+](=O)[O-]. The van der Waals surface area contributed by atoms with Crippen LogP contribution in [-0.4, -0.2) is 42.5 Å². The Morgan fingerprint density at radius 1 is 1.07 bits per heavy atom. The minimum Gasteiger partial charge on any atom is -0.390 e. The van der Waals surface area contributed by atoms with Crippen LogP contribution >= 0.6 is 44.2 Å². The molecule has 2 aromatic heterocycles. The summed E-state index contributed by atoms with van der Waals surface area (Å²) in [6, 6.07) is 0. The molecule has 0 bridgehead atoms. The zero-order valence-electron chi connectivity index (χ0n) is 15.6. The van der Waals surface area contributed by atoms with Gasteiger partial charge in [0.15, 0.2) is 5.12 Å². The fourth-order valence-corrected chi connectivity index (χ4v) is 3.40. The van der Waals surface area contributed by atoms with Crippen molar-refractivity contribution in [2.45, 2.75) is 18.4 Å². The molecule has 13 nitrogen and oxygen atoms in total. The Morgan fingerprint density at radius 2 is 1.47 bits per heavy atom. The van der Waals surface area contributed by atoms with Crippen LogP contribution in [0.15, 0.2) is 12.4 Å². The summed E-state index contributed by atoms with van der Waals surface area (Å²) in [5.41, 5.74) is 0.837. The molecule has 0 aliphatic rings. The van der Waals surface area contributed by atoms with E-state index in [9.17, 15) is 33.4 Å². The molecule has 0 amide bonds. The highest BCUT2D eigenvalue weighted by Crippen LogP contribution is 2.17. The lowest BCUT2D eigenvalue weighted by atomic mass is 10.5. The number of nitrogens with zero attached hydrogens (tertiary/aromatic N) is 6. The van der Waals surface area contributed by atoms with Crippen LogP contribution in [0.3, 0.4) is 0 Å². The molecule has 0 N–H and O–H groups in total. The van der Waals surface area contributed by atoms with Crippen molar-refractivity contribution < 1.29 is 23.1 Å². The van der Waals surface area contributed by atoms with Gasteiger partial charge >= 0.3 is 11.9 Å². The molecule has 0 fully saturated rings. The van der Waals surface area contributed by atoms with Crippen molar-refractivity contribution in [3.63, 3.8) is 0 Å². The van der Waals surface area contributed by atoms with E-state index in [0.717, 1.165) is 22.5 Å². The minimum atomic E-state index is -3.72. The molecule has 30 heavy (non-hydrogen) atoms. The number of carbonyl (C=O) groups is 1. The van der Waals surface area contributed by atoms with Gasteiger partial charge in [-0.1, -0.05) is 21.7 Å². The lowest BCUT2D eigenvalue weighted by Crippen LogP contribution is -2.04. The topological polar surface area (TPSA) is 173 Å². The van der Waals surface area contributed by atoms with Crippen molar-refractivity contribution in [2.24, 2.45) is 14.1 Å². The van der Waals surface area contributed by atoms with Crippen LogP contribution in [0, 0.1) is 20.2 Å². The highest BCUT2D eigenvalue weighted by molar-refractivity contribution is 8.13. The molecular formula is C12H15Cl3N6O7S2. The molecule has 0 aliphatic carbocycles. The van der Waals surface area contributed by atoms with E-state index in [2.05, 4.69) is 31.7 Å². The Balaban J connectivity index is 0.000000518. The maximum absolute atomic E-state index is 10.7. The molecule has 2 aromatic rings. The van der Waals surface area contributed by atoms with Gasteiger partial charge in [0.25, 0.3) is 0 Å². The molecule has 0 saturated carbocycles. The number of carbonyl (C=O) groups excluding carboxylic acids is 1. The fourth-order valence-electron chi connectivity index (χ4n) is 1.83. The van der Waals surface area contributed by atoms with Crippen molar-refractivity contribution in [3.05, 3.63) is 44.0 Å². The van der Waals surface area contributed by atoms with Crippen molar-refractivity contribution in [3.8, 4) is 0 Å². The molecule has 168 valence electrons. The molecule has 0 atom stereocenters. The zero-order chi connectivity index (χ0) is 23.6. The summed E-state index contributed by atoms with van der Waals surface area (Å²) in [6.45, 7) is 1.45. The van der Waals surface area contributed by atoms with E-state index < -0.39 is 30.6 Å². The predicted octanol–water partition coefficient (Wildman–Crippen LogP) is 2.88. The van der Waals surface area contributed by atoms with Gasteiger partial charge in [0.2, 0.25) is 9.05 Å². The van der Waals surface area contributed by atoms with E-state index in [-0.39, 0.29) is 16.8 Å². The van der Waals surface area contributed by atoms with Gasteiger partial charge in [-0.15, -0.1) is 0 Å². The largest absolute Gasteiger partial charge is 0.434 e. The van der Waals surface area contributed by atoms with Crippen LogP contribution in [0.5, 0.6) is 0 Å². The summed E-state index contributed by atoms with van der Waals surface area (Å²) in [5.74, 6) is -0.692. The van der Waals surface area contributed by atoms with Gasteiger partial charge < -0.3 is 20.2 Å². The maximum atomic E-state index is 10.7. The Hall–Kier alpha value is -1.94. The number of imidazole rings is 2. The number of rotatable bonds is 6. The standard InChI is InChI=1S/C7H9N3O3S.C5H6ClN3O4S.Cl2/c1-5(11)14-4-6-3-8-7(9(6)2)10(12)13;1-8-4(3-14(6,12)13)2-7-5(8)9(10)11;1-2/h3H,4H2,1-2H3;2H,3H2,1H3;. The van der Waals surface area contributed by atoms with E-state index in [1.54, 1.807) is 7.05 Å². The Bertz CT molecular complexity index is 1010. The van der Waals surface area contributed by atoms with Gasteiger partial charge in [0, 0.05) is 39.3 Å². The lowest BCUT2D eigenvalue weighted by molar-refractivity contribution is -0.396. The van der Waals surface area contributed by atoms with Crippen molar-refractivity contribution >= 4 is 70.2 Å². The third-order valence-corrected chi connectivity index (χ3v) is 5.00. The summed E-state index contributed by atoms with van der Waals surface area (Å²) in [4.78, 5) is 37.2. The average Bonchev–Trinajstić information content (AvgIpc) is 3.17. The molecule has 0 saturated heterocycles. The third kappa shape index (κ3) is 9.25. The van der Waals surface area contributed by atoms with E-state index in [1.807, 2.05) is 0 Å². The predicted molar refractivity (Wildman–Crippen MR) is 112 cm³/mol. The zero-order valence-corrected chi connectivity index (χ0v) is 19.5. The number of hydrogen-bond donors (Lipinski definition) is 0. The molecule has 2 heterocycles. The molecule has 0 spiro atoms. The first-order valence-corrected chi connectivity index (χ1v) is 11.9. The second-order valence-electron chi connectivity index (χ2n) is 5.19. The smallest absolute Gasteiger partial charge is 0.390 e. The van der Waals surface area contributed by atoms with Gasteiger partial charge in [0.1, 0.15) is 29.5 Å². The average molecular weight is 526 g/mol. The van der Waals surface area contributed by atoms with Gasteiger partial charge in [-0.3, -0.25) is 4.79 Å². The van der Waals surface area contributed by atoms with E-state index >= 15 is 0 Å². The van der Waals surface area contributed by atoms with Crippen LogP contribution in [-0.2, 0) is 39.4 Å². The monoisotopic (exact) mass is 524 g/mol. The normalized spacial score (nSPS) is 10.3. The number of hydrogen-bond acceptors (Lipinski definition) is 10. The highest BCUT2D eigenvalue weighted by atomic mass is 36.5. The number of thioether (sulfide) groups is 1. The fraction of sp³-hybridized carbons (Fsp3) is 0.417. The van der Waals surface area contributed by atoms with Gasteiger partial charge in [-0.25, -0.2) is 17.6 Å². The summed E-state index contributed by atoms with van der Waals surface area (Å²) >= 11 is 1.10. The summed E-state index contributed by atoms with van der Waals surface area (Å²) in [7, 11) is 12.4. The summed E-state index contributed by atoms with van der Waals surface area (Å²) in [5, 5.41) is 20.7. The van der Waals surface area contributed by atoms with Crippen molar-refractivity contribution in [1.82, 2.24) is 19.1 Å². The first-order chi connectivity index (χ1) is 13.8. The molecule has 0 unspecified atom stereocenters. The molecule has 2 rings (SSSR count). The van der Waals surface area contributed by atoms with Crippen LogP contribution in [0.4, 0.5) is 11.9 Å². The second-order valence-corrected chi connectivity index (χ2v) is 9.12. The molecule has 0 aromatic carbocycles. The molecule has 18 heteroatoms. The lowest BCUT2D eigenvalue weighted by Gasteiger charge is -1.97. The number of nitro groups is 2. The Kier molecular flexibility index (Phi) is 11.9. The Labute approximate surface area is 188 Å². The van der Waals surface area contributed by atoms with E-state index in [0.29, 0.717) is 11.4 Å². The quantitative estimate of drug-likeness (QED) is 0.310. The van der Waals surface area contributed by atoms with Crippen molar-refractivity contribution in [2.75, 3.05) is 0 Å². The van der Waals surface area contributed by atoms with Crippen molar-refractivity contribution in [1.29, 1.82) is 0 Å². The van der Waals surface area contributed by atoms with Crippen LogP contribution in [0.1, 0.15) is 18.3 Å². The van der Waals surface area contributed by atoms with E-state index in [4.69, 9.17) is 10.7 Å². The Morgan fingerprint density at radius 3 is 1.80 bits per heavy atom. The summed E-state index contributed by atoms with van der Waals surface area (Å²) < 4.78 is 23.8. The number of halogens is 3. The minimum absolute atomic E-state index is 0.0196. The number of aromatic nitrogens is 4. The van der Waals surface area contributed by atoms with Crippen LogP contribution < -0.4 is 0 Å². The molecule has 0 radical (unpaired) electrons. The third-order valence-electron chi connectivity index (χ3n) is 3.19. The van der Waals surface area contributed by atoms with Gasteiger partial charge in [-0.2, -0.15) is 0 Å². The van der Waals surface area contributed by atoms with Gasteiger partial charge in [-0.05, 0) is 9.85 Å². The van der Waals surface area contributed by atoms with Gasteiger partial charge in [0.05, 0.1) is 19.8 Å². The molecule has 0 aliphatic heterocycles. The first kappa shape index (κ1) is 28.1. The first-order valence-electron chi connectivity index (χ1n) is 7.33. The highest BCUT2D eigenvalue weighted by Gasteiger charge is 2.21.